The van der Waals surface area contributed by atoms with Crippen LogP contribution in [-0.4, -0.2) is 22.3 Å². The van der Waals surface area contributed by atoms with Crippen LogP contribution in [0.15, 0.2) is 57.7 Å². The first kappa shape index (κ1) is 27.0. The Morgan fingerprint density at radius 3 is 2.10 bits per heavy atom. The standard InChI is InChI=1S/C28H42O3/c1-8-20(2)11-9-12-21(3)13-10-14-22(4)15-17-28(7,31)18-16-25-24(6)27(30)23(5)19-26(25)29/h11,13,15,19,31H,8-10,12,14,16-18H2,1-7H3/b20-11+,21-13+,22-15+. The van der Waals surface area contributed by atoms with E-state index in [-0.39, 0.29) is 11.6 Å². The number of aliphatic hydroxyl groups is 1. The number of ketones is 2. The zero-order valence-electron chi connectivity index (χ0n) is 20.7. The molecule has 1 rings (SSSR count). The molecule has 1 N–H and O–H groups in total. The van der Waals surface area contributed by atoms with Crippen LogP contribution in [0.3, 0.4) is 0 Å². The van der Waals surface area contributed by atoms with E-state index in [1.165, 1.54) is 22.8 Å². The SMILES string of the molecule is CC/C(C)=C/CC/C(C)=C/CC/C(C)=C/CC(C)(O)CCC1=C(C)C(=O)C(C)=CC1=O. The summed E-state index contributed by atoms with van der Waals surface area (Å²) in [6.07, 6.45) is 14.9. The minimum Gasteiger partial charge on any atom is -0.390 e. The highest BCUT2D eigenvalue weighted by molar-refractivity contribution is 6.22. The Labute approximate surface area is 189 Å². The summed E-state index contributed by atoms with van der Waals surface area (Å²) >= 11 is 0. The second kappa shape index (κ2) is 12.8. The molecule has 172 valence electrons. The molecule has 0 amide bonds. The molecule has 0 aliphatic heterocycles. The number of rotatable bonds is 12. The van der Waals surface area contributed by atoms with Crippen LogP contribution in [-0.2, 0) is 9.59 Å². The maximum atomic E-state index is 12.2. The Morgan fingerprint density at radius 2 is 1.52 bits per heavy atom. The monoisotopic (exact) mass is 426 g/mol. The molecule has 0 saturated heterocycles. The summed E-state index contributed by atoms with van der Waals surface area (Å²) in [5, 5.41) is 10.8. The van der Waals surface area contributed by atoms with Gasteiger partial charge in [-0.25, -0.2) is 0 Å². The molecule has 1 aliphatic carbocycles. The van der Waals surface area contributed by atoms with E-state index in [1.807, 2.05) is 0 Å². The Balaban J connectivity index is 2.50. The molecule has 1 unspecified atom stereocenters. The molecule has 0 radical (unpaired) electrons. The number of allylic oxidation sites excluding steroid dienone is 9. The molecular formula is C28H42O3. The average Bonchev–Trinajstić information content (AvgIpc) is 2.70. The van der Waals surface area contributed by atoms with E-state index in [2.05, 4.69) is 45.9 Å². The molecule has 1 aliphatic rings. The van der Waals surface area contributed by atoms with Gasteiger partial charge in [0.1, 0.15) is 0 Å². The van der Waals surface area contributed by atoms with Crippen molar-refractivity contribution in [3.8, 4) is 0 Å². The highest BCUT2D eigenvalue weighted by Gasteiger charge is 2.26. The lowest BCUT2D eigenvalue weighted by Gasteiger charge is -2.24. The molecule has 0 aromatic carbocycles. The largest absolute Gasteiger partial charge is 0.390 e. The summed E-state index contributed by atoms with van der Waals surface area (Å²) in [5.41, 5.74) is 4.81. The first-order chi connectivity index (χ1) is 14.5. The molecule has 0 aromatic heterocycles. The van der Waals surface area contributed by atoms with Gasteiger partial charge in [-0.3, -0.25) is 9.59 Å². The van der Waals surface area contributed by atoms with Crippen LogP contribution in [0.4, 0.5) is 0 Å². The van der Waals surface area contributed by atoms with Crippen molar-refractivity contribution in [3.05, 3.63) is 57.7 Å². The van der Waals surface area contributed by atoms with Crippen LogP contribution in [0.1, 0.15) is 99.8 Å². The third kappa shape index (κ3) is 9.78. The van der Waals surface area contributed by atoms with Gasteiger partial charge in [0.15, 0.2) is 11.6 Å². The van der Waals surface area contributed by atoms with Crippen molar-refractivity contribution in [3.63, 3.8) is 0 Å². The van der Waals surface area contributed by atoms with E-state index in [4.69, 9.17) is 0 Å². The molecule has 0 saturated carbocycles. The van der Waals surface area contributed by atoms with Crippen LogP contribution in [0, 0.1) is 0 Å². The van der Waals surface area contributed by atoms with Crippen LogP contribution < -0.4 is 0 Å². The predicted octanol–water partition coefficient (Wildman–Crippen LogP) is 7.13. The van der Waals surface area contributed by atoms with Crippen molar-refractivity contribution in [2.45, 2.75) is 105 Å². The Bertz CT molecular complexity index is 813. The average molecular weight is 427 g/mol. The van der Waals surface area contributed by atoms with Crippen molar-refractivity contribution in [2.75, 3.05) is 0 Å². The molecule has 0 heterocycles. The maximum absolute atomic E-state index is 12.2. The van der Waals surface area contributed by atoms with Gasteiger partial charge in [-0.05, 0) is 99.0 Å². The van der Waals surface area contributed by atoms with E-state index in [1.54, 1.807) is 20.8 Å². The van der Waals surface area contributed by atoms with E-state index in [0.717, 1.165) is 32.1 Å². The Kier molecular flexibility index (Phi) is 11.1. The molecule has 3 nitrogen and oxygen atoms in total. The first-order valence-electron chi connectivity index (χ1n) is 11.6. The van der Waals surface area contributed by atoms with Gasteiger partial charge in [-0.15, -0.1) is 0 Å². The third-order valence-corrected chi connectivity index (χ3v) is 6.22. The summed E-state index contributed by atoms with van der Waals surface area (Å²) in [6, 6.07) is 0. The van der Waals surface area contributed by atoms with E-state index >= 15 is 0 Å². The Morgan fingerprint density at radius 1 is 0.968 bits per heavy atom. The van der Waals surface area contributed by atoms with Gasteiger partial charge in [0, 0.05) is 16.7 Å². The molecule has 31 heavy (non-hydrogen) atoms. The normalized spacial score (nSPS) is 18.5. The van der Waals surface area contributed by atoms with Crippen molar-refractivity contribution < 1.29 is 14.7 Å². The second-order valence-electron chi connectivity index (χ2n) is 9.41. The highest BCUT2D eigenvalue weighted by atomic mass is 16.3. The maximum Gasteiger partial charge on any atom is 0.184 e. The lowest BCUT2D eigenvalue weighted by Crippen LogP contribution is -2.25. The zero-order chi connectivity index (χ0) is 23.6. The summed E-state index contributed by atoms with van der Waals surface area (Å²) in [5.74, 6) is -0.163. The van der Waals surface area contributed by atoms with Crippen LogP contribution in [0.25, 0.3) is 0 Å². The van der Waals surface area contributed by atoms with Gasteiger partial charge < -0.3 is 5.11 Å². The first-order valence-corrected chi connectivity index (χ1v) is 11.6. The van der Waals surface area contributed by atoms with Gasteiger partial charge in [0.2, 0.25) is 0 Å². The van der Waals surface area contributed by atoms with Gasteiger partial charge >= 0.3 is 0 Å². The van der Waals surface area contributed by atoms with Crippen molar-refractivity contribution in [1.29, 1.82) is 0 Å². The van der Waals surface area contributed by atoms with Gasteiger partial charge in [0.05, 0.1) is 5.60 Å². The number of carbonyl (C=O) groups excluding carboxylic acids is 2. The van der Waals surface area contributed by atoms with Gasteiger partial charge in [-0.2, -0.15) is 0 Å². The summed E-state index contributed by atoms with van der Waals surface area (Å²) in [6.45, 7) is 13.9. The van der Waals surface area contributed by atoms with E-state index in [0.29, 0.717) is 36.0 Å². The molecule has 0 fully saturated rings. The fraction of sp³-hybridized carbons (Fsp3) is 0.571. The number of hydrogen-bond donors (Lipinski definition) is 1. The highest BCUT2D eigenvalue weighted by Crippen LogP contribution is 2.27. The molecule has 0 bridgehead atoms. The Hall–Kier alpha value is -2.00. The molecule has 1 atom stereocenters. The van der Waals surface area contributed by atoms with Gasteiger partial charge in [0.25, 0.3) is 0 Å². The quantitative estimate of drug-likeness (QED) is 0.267. The number of hydrogen-bond acceptors (Lipinski definition) is 3. The lowest BCUT2D eigenvalue weighted by molar-refractivity contribution is -0.116. The second-order valence-corrected chi connectivity index (χ2v) is 9.41. The summed E-state index contributed by atoms with van der Waals surface area (Å²) in [7, 11) is 0. The topological polar surface area (TPSA) is 54.4 Å². The molecule has 0 spiro atoms. The fourth-order valence-electron chi connectivity index (χ4n) is 3.61. The van der Waals surface area contributed by atoms with Crippen molar-refractivity contribution >= 4 is 11.6 Å². The van der Waals surface area contributed by atoms with Crippen LogP contribution in [0.2, 0.25) is 0 Å². The van der Waals surface area contributed by atoms with Crippen molar-refractivity contribution in [1.82, 2.24) is 0 Å². The van der Waals surface area contributed by atoms with Crippen LogP contribution in [0.5, 0.6) is 0 Å². The molecular weight excluding hydrogens is 384 g/mol. The predicted molar refractivity (Wildman–Crippen MR) is 131 cm³/mol. The number of Topliss-reactive ketones (excluding diaryl/α,β-unsaturated/α-hetero) is 1. The fourth-order valence-corrected chi connectivity index (χ4v) is 3.61. The minimum atomic E-state index is -0.900. The van der Waals surface area contributed by atoms with E-state index in [9.17, 15) is 14.7 Å². The van der Waals surface area contributed by atoms with Crippen LogP contribution >= 0.6 is 0 Å². The summed E-state index contributed by atoms with van der Waals surface area (Å²) in [4.78, 5) is 24.4. The lowest BCUT2D eigenvalue weighted by atomic mass is 9.85. The number of carbonyl (C=O) groups is 2. The summed E-state index contributed by atoms with van der Waals surface area (Å²) < 4.78 is 0. The zero-order valence-corrected chi connectivity index (χ0v) is 20.7. The third-order valence-electron chi connectivity index (χ3n) is 6.22. The van der Waals surface area contributed by atoms with Crippen molar-refractivity contribution in [2.24, 2.45) is 0 Å². The molecule has 3 heteroatoms. The van der Waals surface area contributed by atoms with Gasteiger partial charge in [-0.1, -0.05) is 41.9 Å². The smallest absolute Gasteiger partial charge is 0.184 e. The minimum absolute atomic E-state index is 0.0650. The molecule has 0 aromatic rings. The van der Waals surface area contributed by atoms with E-state index < -0.39 is 5.60 Å².